The van der Waals surface area contributed by atoms with E-state index in [0.717, 1.165) is 49.9 Å². The fourth-order valence-corrected chi connectivity index (χ4v) is 7.20. The molecule has 2 aliphatic heterocycles. The number of hydrogen-bond donors (Lipinski definition) is 1. The van der Waals surface area contributed by atoms with Gasteiger partial charge in [0.05, 0.1) is 114 Å². The summed E-state index contributed by atoms with van der Waals surface area (Å²) in [6, 6.07) is 14.1. The SMILES string of the molecule is COc1cc(OC)c(N2CCOCC2)cc1N.COc1cc(OC)c([N+](=O)[O-])cc1Br.COc1cc(OC)c([N+](=O)[O-])cc1N1CCOCC1.Fc1ccc(Br)c(F)c1.O=[N+]([O-])c1cc(Br)c(F)cc1F. The molecule has 2 N–H and O–H groups in total. The molecule has 0 radical (unpaired) electrons. The van der Waals surface area contributed by atoms with E-state index >= 15 is 0 Å². The Kier molecular flexibility index (Phi) is 24.1. The first-order valence-electron chi connectivity index (χ1n) is 20.3. The van der Waals surface area contributed by atoms with E-state index < -0.39 is 43.7 Å². The molecule has 2 heterocycles. The van der Waals surface area contributed by atoms with Crippen LogP contribution >= 0.6 is 47.8 Å². The van der Waals surface area contributed by atoms with Gasteiger partial charge in [0.2, 0.25) is 17.3 Å². The number of benzene rings is 5. The van der Waals surface area contributed by atoms with Crippen LogP contribution < -0.4 is 44.0 Å². The molecule has 0 saturated carbocycles. The number of nitrogens with two attached hydrogens (primary N) is 1. The van der Waals surface area contributed by atoms with Gasteiger partial charge in [0.1, 0.15) is 40.4 Å². The molecule has 0 aromatic heterocycles. The number of rotatable bonds is 11. The maximum absolute atomic E-state index is 12.6. The second kappa shape index (κ2) is 29.1. The zero-order valence-electron chi connectivity index (χ0n) is 38.7. The lowest BCUT2D eigenvalue weighted by Gasteiger charge is -2.30. The molecule has 0 amide bonds. The van der Waals surface area contributed by atoms with E-state index in [1.807, 2.05) is 17.0 Å². The van der Waals surface area contributed by atoms with Crippen molar-refractivity contribution < 1.29 is 70.2 Å². The molecule has 7 rings (SSSR count). The summed E-state index contributed by atoms with van der Waals surface area (Å²) < 4.78 is 91.5. The largest absolute Gasteiger partial charge is 0.495 e. The Bertz CT molecular complexity index is 2620. The number of nitrogen functional groups attached to an aromatic ring is 1. The van der Waals surface area contributed by atoms with Crippen molar-refractivity contribution in [3.8, 4) is 34.5 Å². The predicted octanol–water partition coefficient (Wildman–Crippen LogP) is 10.3. The first kappa shape index (κ1) is 58.9. The van der Waals surface area contributed by atoms with Crippen LogP contribution in [0.2, 0.25) is 0 Å². The van der Waals surface area contributed by atoms with Crippen LogP contribution in [-0.2, 0) is 9.47 Å². The van der Waals surface area contributed by atoms with Crippen LogP contribution in [0.1, 0.15) is 0 Å². The van der Waals surface area contributed by atoms with Gasteiger partial charge in [-0.2, -0.15) is 4.39 Å². The van der Waals surface area contributed by atoms with Crippen LogP contribution in [0.4, 0.5) is 51.7 Å². The number of methoxy groups -OCH3 is 6. The van der Waals surface area contributed by atoms with Crippen molar-refractivity contribution in [2.75, 3.05) is 111 Å². The summed E-state index contributed by atoms with van der Waals surface area (Å²) in [4.78, 5) is 34.1. The van der Waals surface area contributed by atoms with E-state index in [-0.39, 0.29) is 31.8 Å². The van der Waals surface area contributed by atoms with Crippen molar-refractivity contribution in [1.82, 2.24) is 0 Å². The average Bonchev–Trinajstić information content (AvgIpc) is 3.36. The van der Waals surface area contributed by atoms with Gasteiger partial charge in [0, 0.05) is 74.7 Å². The van der Waals surface area contributed by atoms with Gasteiger partial charge >= 0.3 is 17.1 Å². The molecular weight excluding hydrogens is 1150 g/mol. The molecular formula is C44H47Br3F4N6O14. The van der Waals surface area contributed by atoms with Crippen molar-refractivity contribution >= 4 is 81.9 Å². The maximum atomic E-state index is 12.6. The topological polar surface area (TPSA) is 236 Å². The van der Waals surface area contributed by atoms with Crippen LogP contribution in [-0.4, -0.2) is 110 Å². The van der Waals surface area contributed by atoms with Gasteiger partial charge in [-0.1, -0.05) is 0 Å². The van der Waals surface area contributed by atoms with Crippen molar-refractivity contribution in [1.29, 1.82) is 0 Å². The number of nitrogens with zero attached hydrogens (tertiary/aromatic N) is 5. The van der Waals surface area contributed by atoms with Gasteiger partial charge in [0.25, 0.3) is 0 Å². The Morgan fingerprint density at radius 1 is 0.479 bits per heavy atom. The lowest BCUT2D eigenvalue weighted by Crippen LogP contribution is -2.36. The maximum Gasteiger partial charge on any atom is 0.313 e. The van der Waals surface area contributed by atoms with E-state index in [1.165, 1.54) is 58.8 Å². The summed E-state index contributed by atoms with van der Waals surface area (Å²) in [6.45, 7) is 5.72. The predicted molar refractivity (Wildman–Crippen MR) is 265 cm³/mol. The van der Waals surface area contributed by atoms with Gasteiger partial charge < -0.3 is 53.4 Å². The summed E-state index contributed by atoms with van der Waals surface area (Å²) in [5, 5.41) is 31.8. The number of ether oxygens (including phenoxy) is 8. The first-order valence-corrected chi connectivity index (χ1v) is 22.7. The highest BCUT2D eigenvalue weighted by Crippen LogP contribution is 2.41. The first-order chi connectivity index (χ1) is 33.7. The summed E-state index contributed by atoms with van der Waals surface area (Å²) >= 11 is 8.74. The van der Waals surface area contributed by atoms with E-state index in [1.54, 1.807) is 20.3 Å². The van der Waals surface area contributed by atoms with E-state index in [4.69, 9.17) is 43.6 Å². The zero-order valence-corrected chi connectivity index (χ0v) is 43.4. The van der Waals surface area contributed by atoms with E-state index in [2.05, 4.69) is 52.7 Å². The molecule has 0 aliphatic carbocycles. The third-order valence-corrected chi connectivity index (χ3v) is 11.5. The van der Waals surface area contributed by atoms with Crippen LogP contribution in [0.3, 0.4) is 0 Å². The van der Waals surface area contributed by atoms with Crippen molar-refractivity contribution in [3.05, 3.63) is 134 Å². The van der Waals surface area contributed by atoms with E-state index in [9.17, 15) is 47.9 Å². The molecule has 71 heavy (non-hydrogen) atoms. The van der Waals surface area contributed by atoms with Gasteiger partial charge in [-0.05, 0) is 66.0 Å². The molecule has 5 aromatic rings. The Balaban J connectivity index is 0.000000239. The monoisotopic (exact) mass is 1200 g/mol. The van der Waals surface area contributed by atoms with Crippen LogP contribution in [0, 0.1) is 53.6 Å². The smallest absolute Gasteiger partial charge is 0.313 e. The Labute approximate surface area is 429 Å². The highest BCUT2D eigenvalue weighted by molar-refractivity contribution is 9.11. The van der Waals surface area contributed by atoms with Gasteiger partial charge in [-0.3, -0.25) is 30.3 Å². The van der Waals surface area contributed by atoms with Crippen molar-refractivity contribution in [3.63, 3.8) is 0 Å². The van der Waals surface area contributed by atoms with Crippen LogP contribution in [0.15, 0.2) is 80.1 Å². The Hall–Kier alpha value is -6.42. The molecule has 386 valence electrons. The summed E-state index contributed by atoms with van der Waals surface area (Å²) in [7, 11) is 9.02. The molecule has 20 nitrogen and oxygen atoms in total. The number of hydrogen-bond acceptors (Lipinski definition) is 17. The minimum atomic E-state index is -1.18. The van der Waals surface area contributed by atoms with Crippen molar-refractivity contribution in [2.24, 2.45) is 0 Å². The highest BCUT2D eigenvalue weighted by Gasteiger charge is 2.24. The molecule has 0 bridgehead atoms. The third kappa shape index (κ3) is 17.1. The highest BCUT2D eigenvalue weighted by atomic mass is 79.9. The molecule has 2 aliphatic rings. The Morgan fingerprint density at radius 3 is 1.30 bits per heavy atom. The number of nitro groups is 3. The average molecular weight is 1200 g/mol. The third-order valence-electron chi connectivity index (χ3n) is 9.63. The van der Waals surface area contributed by atoms with Crippen LogP contribution in [0.5, 0.6) is 34.5 Å². The number of halogens is 7. The normalized spacial score (nSPS) is 12.6. The molecule has 27 heteroatoms. The lowest BCUT2D eigenvalue weighted by molar-refractivity contribution is -0.387. The number of nitro benzene ring substituents is 3. The molecule has 2 saturated heterocycles. The molecule has 5 aromatic carbocycles. The molecule has 2 fully saturated rings. The minimum absolute atomic E-state index is 0.0650. The second-order valence-electron chi connectivity index (χ2n) is 13.9. The molecule has 0 atom stereocenters. The number of anilines is 3. The minimum Gasteiger partial charge on any atom is -0.495 e. The quantitative estimate of drug-likeness (QED) is 0.0425. The summed E-state index contributed by atoms with van der Waals surface area (Å²) in [5.41, 5.74) is 7.32. The summed E-state index contributed by atoms with van der Waals surface area (Å²) in [5.74, 6) is -0.341. The van der Waals surface area contributed by atoms with Crippen molar-refractivity contribution in [2.45, 2.75) is 0 Å². The second-order valence-corrected chi connectivity index (χ2v) is 16.4. The number of morpholine rings is 2. The molecule has 0 spiro atoms. The van der Waals surface area contributed by atoms with Gasteiger partial charge in [-0.15, -0.1) is 0 Å². The van der Waals surface area contributed by atoms with Crippen LogP contribution in [0.25, 0.3) is 0 Å². The lowest BCUT2D eigenvalue weighted by atomic mass is 10.2. The fourth-order valence-electron chi connectivity index (χ4n) is 6.13. The summed E-state index contributed by atoms with van der Waals surface area (Å²) in [6.07, 6.45) is 0. The zero-order chi connectivity index (χ0) is 52.9. The molecule has 0 unspecified atom stereocenters. The van der Waals surface area contributed by atoms with E-state index in [0.29, 0.717) is 65.5 Å². The Morgan fingerprint density at radius 2 is 0.873 bits per heavy atom. The fraction of sp³-hybridized carbons (Fsp3) is 0.318. The van der Waals surface area contributed by atoms with Gasteiger partial charge in [0.15, 0.2) is 0 Å². The van der Waals surface area contributed by atoms with Gasteiger partial charge in [-0.25, -0.2) is 13.2 Å². The standard InChI is InChI=1S/C12H16N2O5.C12H18N2O3.C8H8BrNO4.C6H2BrF2NO2.C6H3BrF2/c1-17-11-8-12(18-2)10(14(15)16)7-9(11)13-3-5-19-6-4-13;1-15-11-8-12(16-2)10(7-9(11)13)14-3-5-17-6-4-14;1-13-7-4-8(14-2)6(10(11)12)3-5(7)9;7-3-1-6(10(11)12)5(9)2-4(3)8;7-5-2-1-4(8)3-6(5)9/h7-8H,3-6H2,1-2H3;7-8H,3-6,13H2,1-2H3;3-4H,1-2H3;1-2H;1-3H.